The first kappa shape index (κ1) is 16.5. The van der Waals surface area contributed by atoms with Crippen LogP contribution in [0.5, 0.6) is 0 Å². The first-order valence-corrected chi connectivity index (χ1v) is 8.94. The van der Waals surface area contributed by atoms with Gasteiger partial charge in [-0.1, -0.05) is 41.4 Å². The number of fused-ring (bicyclic) bond motifs is 3. The van der Waals surface area contributed by atoms with E-state index in [9.17, 15) is 4.79 Å². The highest BCUT2D eigenvalue weighted by Crippen LogP contribution is 2.51. The third kappa shape index (κ3) is 2.82. The minimum atomic E-state index is -0.316. The van der Waals surface area contributed by atoms with Gasteiger partial charge < -0.3 is 10.1 Å². The molecule has 1 N–H and O–H groups in total. The predicted molar refractivity (Wildman–Crippen MR) is 101 cm³/mol. The first-order chi connectivity index (χ1) is 12.1. The molecule has 5 heteroatoms. The number of benzene rings is 2. The van der Waals surface area contributed by atoms with Crippen molar-refractivity contribution in [3.05, 3.63) is 75.3 Å². The molecule has 0 amide bonds. The zero-order valence-corrected chi connectivity index (χ0v) is 15.1. The van der Waals surface area contributed by atoms with E-state index in [-0.39, 0.29) is 17.9 Å². The van der Waals surface area contributed by atoms with Gasteiger partial charge >= 0.3 is 5.97 Å². The number of carbonyl (C=O) groups excluding carboxylic acids is 1. The molecule has 128 valence electrons. The van der Waals surface area contributed by atoms with Gasteiger partial charge in [0.15, 0.2) is 0 Å². The Balaban J connectivity index is 1.77. The summed E-state index contributed by atoms with van der Waals surface area (Å²) in [5.74, 6) is 0.279. The van der Waals surface area contributed by atoms with E-state index in [1.807, 2.05) is 24.3 Å². The third-order valence-corrected chi connectivity index (χ3v) is 5.64. The lowest BCUT2D eigenvalue weighted by Crippen LogP contribution is -2.29. The van der Waals surface area contributed by atoms with Crippen LogP contribution in [0.1, 0.15) is 39.9 Å². The quantitative estimate of drug-likeness (QED) is 0.549. The molecule has 4 rings (SSSR count). The van der Waals surface area contributed by atoms with Crippen LogP contribution in [0.15, 0.2) is 48.6 Å². The zero-order valence-electron chi connectivity index (χ0n) is 13.6. The molecule has 0 saturated heterocycles. The molecule has 3 atom stereocenters. The Morgan fingerprint density at radius 2 is 2.00 bits per heavy atom. The average Bonchev–Trinajstić information content (AvgIpc) is 3.10. The molecular formula is C20H17Cl2NO2. The molecule has 2 aliphatic rings. The highest BCUT2D eigenvalue weighted by atomic mass is 35.5. The summed E-state index contributed by atoms with van der Waals surface area (Å²) in [7, 11) is 1.40. The molecule has 2 aromatic carbocycles. The van der Waals surface area contributed by atoms with Gasteiger partial charge in [-0.25, -0.2) is 4.79 Å². The summed E-state index contributed by atoms with van der Waals surface area (Å²) in [6.45, 7) is 0. The Morgan fingerprint density at radius 1 is 1.16 bits per heavy atom. The fraction of sp³-hybridized carbons (Fsp3) is 0.250. The fourth-order valence-electron chi connectivity index (χ4n) is 3.90. The number of allylic oxidation sites excluding steroid dienone is 2. The molecule has 0 unspecified atom stereocenters. The summed E-state index contributed by atoms with van der Waals surface area (Å²) in [6, 6.07) is 11.4. The maximum atomic E-state index is 11.9. The predicted octanol–water partition coefficient (Wildman–Crippen LogP) is 5.61. The second-order valence-corrected chi connectivity index (χ2v) is 7.28. The SMILES string of the molecule is COC(=O)c1ccc2c(c1)[C@@H]1C=CC[C@@H]1[C@@H](c1ccc(Cl)cc1Cl)N2. The van der Waals surface area contributed by atoms with E-state index in [0.29, 0.717) is 21.5 Å². The van der Waals surface area contributed by atoms with Crippen LogP contribution in [0.2, 0.25) is 10.0 Å². The molecule has 1 aliphatic heterocycles. The van der Waals surface area contributed by atoms with Crippen molar-refractivity contribution >= 4 is 34.9 Å². The van der Waals surface area contributed by atoms with Crippen LogP contribution in [-0.2, 0) is 4.74 Å². The van der Waals surface area contributed by atoms with Gasteiger partial charge in [-0.05, 0) is 53.8 Å². The molecule has 0 saturated carbocycles. The summed E-state index contributed by atoms with van der Waals surface area (Å²) in [5.41, 5.74) is 3.77. The van der Waals surface area contributed by atoms with Crippen LogP contribution in [0.3, 0.4) is 0 Å². The number of hydrogen-bond acceptors (Lipinski definition) is 3. The topological polar surface area (TPSA) is 38.3 Å². The Hall–Kier alpha value is -1.97. The third-order valence-electron chi connectivity index (χ3n) is 5.08. The van der Waals surface area contributed by atoms with Crippen molar-refractivity contribution in [2.45, 2.75) is 18.4 Å². The minimum Gasteiger partial charge on any atom is -0.465 e. The maximum absolute atomic E-state index is 11.9. The maximum Gasteiger partial charge on any atom is 0.337 e. The molecule has 0 bridgehead atoms. The number of nitrogens with one attached hydrogen (secondary N) is 1. The van der Waals surface area contributed by atoms with Crippen molar-refractivity contribution in [3.63, 3.8) is 0 Å². The number of ether oxygens (including phenoxy) is 1. The summed E-state index contributed by atoms with van der Waals surface area (Å²) in [5, 5.41) is 4.91. The molecule has 3 nitrogen and oxygen atoms in total. The Kier molecular flexibility index (Phi) is 4.22. The van der Waals surface area contributed by atoms with Crippen molar-refractivity contribution in [3.8, 4) is 0 Å². The highest BCUT2D eigenvalue weighted by molar-refractivity contribution is 6.35. The van der Waals surface area contributed by atoms with Crippen LogP contribution in [0.4, 0.5) is 5.69 Å². The average molecular weight is 374 g/mol. The van der Waals surface area contributed by atoms with Crippen LogP contribution in [-0.4, -0.2) is 13.1 Å². The number of esters is 1. The number of rotatable bonds is 2. The van der Waals surface area contributed by atoms with Gasteiger partial charge in [0.2, 0.25) is 0 Å². The van der Waals surface area contributed by atoms with Crippen LogP contribution in [0, 0.1) is 5.92 Å². The molecule has 1 heterocycles. The van der Waals surface area contributed by atoms with E-state index in [1.165, 1.54) is 7.11 Å². The summed E-state index contributed by atoms with van der Waals surface area (Å²) >= 11 is 12.5. The fourth-order valence-corrected chi connectivity index (χ4v) is 4.43. The Bertz CT molecular complexity index is 878. The van der Waals surface area contributed by atoms with Gasteiger partial charge in [0.05, 0.1) is 18.7 Å². The van der Waals surface area contributed by atoms with Crippen LogP contribution < -0.4 is 5.32 Å². The van der Waals surface area contributed by atoms with Crippen LogP contribution in [0.25, 0.3) is 0 Å². The van der Waals surface area contributed by atoms with E-state index < -0.39 is 0 Å². The molecule has 25 heavy (non-hydrogen) atoms. The van der Waals surface area contributed by atoms with Gasteiger partial charge in [-0.15, -0.1) is 0 Å². The lowest BCUT2D eigenvalue weighted by Gasteiger charge is -2.38. The summed E-state index contributed by atoms with van der Waals surface area (Å²) in [4.78, 5) is 11.9. The molecule has 1 aliphatic carbocycles. The minimum absolute atomic E-state index is 0.0984. The lowest BCUT2D eigenvalue weighted by atomic mass is 9.76. The molecule has 0 aromatic heterocycles. The Morgan fingerprint density at radius 3 is 2.76 bits per heavy atom. The van der Waals surface area contributed by atoms with Crippen molar-refractivity contribution in [2.24, 2.45) is 5.92 Å². The largest absolute Gasteiger partial charge is 0.465 e. The van der Waals surface area contributed by atoms with E-state index in [2.05, 4.69) is 17.5 Å². The molecule has 0 radical (unpaired) electrons. The summed E-state index contributed by atoms with van der Waals surface area (Å²) in [6.07, 6.45) is 5.39. The number of carbonyl (C=O) groups is 1. The summed E-state index contributed by atoms with van der Waals surface area (Å²) < 4.78 is 4.85. The normalized spacial score (nSPS) is 23.6. The standard InChI is InChI=1S/C20H17Cl2NO2/c1-25-20(24)11-5-8-18-16(9-11)13-3-2-4-14(13)19(23-18)15-7-6-12(21)10-17(15)22/h2-3,5-10,13-14,19,23H,4H2,1H3/t13-,14+,19+/m1/s1. The number of hydrogen-bond donors (Lipinski definition) is 1. The van der Waals surface area contributed by atoms with Gasteiger partial charge in [-0.2, -0.15) is 0 Å². The second-order valence-electron chi connectivity index (χ2n) is 6.43. The highest BCUT2D eigenvalue weighted by Gasteiger charge is 2.38. The van der Waals surface area contributed by atoms with E-state index in [0.717, 1.165) is 23.2 Å². The van der Waals surface area contributed by atoms with Crippen molar-refractivity contribution in [2.75, 3.05) is 12.4 Å². The zero-order chi connectivity index (χ0) is 17.6. The number of methoxy groups -OCH3 is 1. The number of halogens is 2. The molecular weight excluding hydrogens is 357 g/mol. The van der Waals surface area contributed by atoms with Crippen LogP contribution >= 0.6 is 23.2 Å². The van der Waals surface area contributed by atoms with Crippen molar-refractivity contribution < 1.29 is 9.53 Å². The van der Waals surface area contributed by atoms with Crippen molar-refractivity contribution in [1.82, 2.24) is 0 Å². The monoisotopic (exact) mass is 373 g/mol. The molecule has 2 aromatic rings. The van der Waals surface area contributed by atoms with E-state index in [4.69, 9.17) is 27.9 Å². The second kappa shape index (κ2) is 6.40. The Labute approximate surface area is 156 Å². The van der Waals surface area contributed by atoms with Gasteiger partial charge in [0, 0.05) is 21.7 Å². The number of anilines is 1. The van der Waals surface area contributed by atoms with Gasteiger partial charge in [0.1, 0.15) is 0 Å². The van der Waals surface area contributed by atoms with E-state index in [1.54, 1.807) is 12.1 Å². The van der Waals surface area contributed by atoms with Gasteiger partial charge in [-0.3, -0.25) is 0 Å². The van der Waals surface area contributed by atoms with Crippen molar-refractivity contribution in [1.29, 1.82) is 0 Å². The lowest BCUT2D eigenvalue weighted by molar-refractivity contribution is 0.0600. The molecule has 0 fully saturated rings. The van der Waals surface area contributed by atoms with E-state index >= 15 is 0 Å². The smallest absolute Gasteiger partial charge is 0.337 e. The van der Waals surface area contributed by atoms with Gasteiger partial charge in [0.25, 0.3) is 0 Å². The first-order valence-electron chi connectivity index (χ1n) is 8.19. The molecule has 0 spiro atoms.